The lowest BCUT2D eigenvalue weighted by Crippen LogP contribution is -2.20. The Morgan fingerprint density at radius 1 is 0.500 bits per heavy atom. The van der Waals surface area contributed by atoms with Crippen molar-refractivity contribution in [1.82, 2.24) is 0 Å². The van der Waals surface area contributed by atoms with Crippen LogP contribution in [0.5, 0.6) is 0 Å². The van der Waals surface area contributed by atoms with Gasteiger partial charge in [0.05, 0.1) is 52.2 Å². The van der Waals surface area contributed by atoms with Gasteiger partial charge in [0.15, 0.2) is 0 Å². The summed E-state index contributed by atoms with van der Waals surface area (Å²) in [6.07, 6.45) is 17.4. The molecule has 0 radical (unpaired) electrons. The molecule has 0 amide bonds. The lowest BCUT2D eigenvalue weighted by molar-refractivity contribution is -0.150. The minimum absolute atomic E-state index is 0.0217. The summed E-state index contributed by atoms with van der Waals surface area (Å²) in [7, 11) is 0. The molecule has 0 aromatic heterocycles. The van der Waals surface area contributed by atoms with Crippen molar-refractivity contribution < 1.29 is 28.5 Å². The van der Waals surface area contributed by atoms with Gasteiger partial charge in [-0.05, 0) is 19.3 Å². The summed E-state index contributed by atoms with van der Waals surface area (Å²) in [6, 6.07) is 0. The largest absolute Gasteiger partial charge is 0.463 e. The number of carbonyl (C=O) groups is 1. The van der Waals surface area contributed by atoms with E-state index in [1.807, 2.05) is 6.92 Å². The monoisotopic (exact) mass is 488 g/mol. The zero-order valence-electron chi connectivity index (χ0n) is 22.8. The van der Waals surface area contributed by atoms with Gasteiger partial charge in [0.25, 0.3) is 0 Å². The molecule has 0 spiro atoms. The zero-order valence-corrected chi connectivity index (χ0v) is 22.8. The molecule has 0 saturated heterocycles. The molecule has 6 heteroatoms. The SMILES string of the molecule is CCCCCCCCCCCCOCCOCCOCCOCCOC(=O)C(CC)CCCC. The molecule has 0 aliphatic heterocycles. The zero-order chi connectivity index (χ0) is 25.0. The number of esters is 1. The highest BCUT2D eigenvalue weighted by Gasteiger charge is 2.16. The van der Waals surface area contributed by atoms with Crippen LogP contribution in [-0.4, -0.2) is 65.4 Å². The molecule has 34 heavy (non-hydrogen) atoms. The van der Waals surface area contributed by atoms with Crippen molar-refractivity contribution in [2.45, 2.75) is 111 Å². The number of ether oxygens (including phenoxy) is 5. The average Bonchev–Trinajstić information content (AvgIpc) is 2.85. The molecule has 204 valence electrons. The fourth-order valence-electron chi connectivity index (χ4n) is 3.71. The predicted octanol–water partition coefficient (Wildman–Crippen LogP) is 6.73. The Balaban J connectivity index is 3.18. The highest BCUT2D eigenvalue weighted by Crippen LogP contribution is 2.14. The lowest BCUT2D eigenvalue weighted by atomic mass is 10.00. The maximum absolute atomic E-state index is 12.0. The molecular formula is C28H56O6. The molecule has 0 saturated carbocycles. The Labute approximate surface area is 210 Å². The molecule has 0 aromatic rings. The summed E-state index contributed by atoms with van der Waals surface area (Å²) in [4.78, 5) is 12.0. The van der Waals surface area contributed by atoms with Gasteiger partial charge in [-0.1, -0.05) is 91.4 Å². The van der Waals surface area contributed by atoms with Crippen molar-refractivity contribution in [3.8, 4) is 0 Å². The van der Waals surface area contributed by atoms with Crippen LogP contribution in [0.1, 0.15) is 111 Å². The van der Waals surface area contributed by atoms with Crippen LogP contribution in [0.3, 0.4) is 0 Å². The fourth-order valence-corrected chi connectivity index (χ4v) is 3.71. The Hall–Kier alpha value is -0.690. The molecule has 1 unspecified atom stereocenters. The first-order chi connectivity index (χ1) is 16.8. The first-order valence-corrected chi connectivity index (χ1v) is 14.2. The van der Waals surface area contributed by atoms with Crippen molar-refractivity contribution in [2.75, 3.05) is 59.5 Å². The Bertz CT molecular complexity index is 404. The summed E-state index contributed by atoms with van der Waals surface area (Å²) < 4.78 is 27.4. The maximum atomic E-state index is 12.0. The molecule has 0 aromatic carbocycles. The highest BCUT2D eigenvalue weighted by atomic mass is 16.6. The van der Waals surface area contributed by atoms with Crippen molar-refractivity contribution >= 4 is 5.97 Å². The van der Waals surface area contributed by atoms with Crippen molar-refractivity contribution in [1.29, 1.82) is 0 Å². The second-order valence-electron chi connectivity index (χ2n) is 9.05. The number of unbranched alkanes of at least 4 members (excludes halogenated alkanes) is 10. The van der Waals surface area contributed by atoms with Crippen LogP contribution in [-0.2, 0) is 28.5 Å². The van der Waals surface area contributed by atoms with E-state index in [9.17, 15) is 4.79 Å². The molecule has 6 nitrogen and oxygen atoms in total. The van der Waals surface area contributed by atoms with Gasteiger partial charge in [0.1, 0.15) is 6.61 Å². The highest BCUT2D eigenvalue weighted by molar-refractivity contribution is 5.72. The Kier molecular flexibility index (Phi) is 28.0. The molecule has 0 bridgehead atoms. The summed E-state index contributed by atoms with van der Waals surface area (Å²) in [5.74, 6) is -0.0752. The Morgan fingerprint density at radius 2 is 0.912 bits per heavy atom. The van der Waals surface area contributed by atoms with Crippen LogP contribution < -0.4 is 0 Å². The quantitative estimate of drug-likeness (QED) is 0.0898. The standard InChI is InChI=1S/C28H56O6/c1-4-7-9-10-11-12-13-14-15-16-18-30-19-20-31-21-22-32-23-24-33-25-26-34-28(29)27(6-3)17-8-5-2/h27H,4-26H2,1-3H3. The number of carbonyl (C=O) groups excluding carboxylic acids is 1. The Morgan fingerprint density at radius 3 is 1.38 bits per heavy atom. The van der Waals surface area contributed by atoms with Crippen LogP contribution in [0, 0.1) is 5.92 Å². The third-order valence-electron chi connectivity index (χ3n) is 5.96. The third kappa shape index (κ3) is 24.4. The number of hydrogen-bond acceptors (Lipinski definition) is 6. The summed E-state index contributed by atoms with van der Waals surface area (Å²) >= 11 is 0. The van der Waals surface area contributed by atoms with Crippen LogP contribution in [0.4, 0.5) is 0 Å². The molecular weight excluding hydrogens is 432 g/mol. The summed E-state index contributed by atoms with van der Waals surface area (Å²) in [5.41, 5.74) is 0. The molecule has 0 rings (SSSR count). The van der Waals surface area contributed by atoms with Gasteiger partial charge >= 0.3 is 5.97 Å². The van der Waals surface area contributed by atoms with E-state index in [1.54, 1.807) is 0 Å². The van der Waals surface area contributed by atoms with Gasteiger partial charge < -0.3 is 23.7 Å². The van der Waals surface area contributed by atoms with E-state index in [0.29, 0.717) is 52.9 Å². The summed E-state index contributed by atoms with van der Waals surface area (Å²) in [6.45, 7) is 11.4. The second-order valence-corrected chi connectivity index (χ2v) is 9.05. The predicted molar refractivity (Wildman–Crippen MR) is 139 cm³/mol. The minimum atomic E-state index is -0.0968. The van der Waals surface area contributed by atoms with Gasteiger partial charge in [0, 0.05) is 6.61 Å². The van der Waals surface area contributed by atoms with Gasteiger partial charge in [-0.3, -0.25) is 4.79 Å². The molecule has 1 atom stereocenters. The molecule has 0 aliphatic rings. The molecule has 0 heterocycles. The van der Waals surface area contributed by atoms with Crippen molar-refractivity contribution in [2.24, 2.45) is 5.92 Å². The van der Waals surface area contributed by atoms with Crippen LogP contribution in [0.2, 0.25) is 0 Å². The fraction of sp³-hybridized carbons (Fsp3) is 0.964. The van der Waals surface area contributed by atoms with Gasteiger partial charge in [-0.15, -0.1) is 0 Å². The van der Waals surface area contributed by atoms with Crippen molar-refractivity contribution in [3.05, 3.63) is 0 Å². The van der Waals surface area contributed by atoms with Crippen LogP contribution >= 0.6 is 0 Å². The van der Waals surface area contributed by atoms with Crippen LogP contribution in [0.15, 0.2) is 0 Å². The van der Waals surface area contributed by atoms with Crippen molar-refractivity contribution in [3.63, 3.8) is 0 Å². The number of hydrogen-bond donors (Lipinski definition) is 0. The second kappa shape index (κ2) is 28.5. The van der Waals surface area contributed by atoms with Gasteiger partial charge in [-0.25, -0.2) is 0 Å². The van der Waals surface area contributed by atoms with E-state index in [1.165, 1.54) is 57.8 Å². The average molecular weight is 489 g/mol. The molecule has 0 aliphatic carbocycles. The maximum Gasteiger partial charge on any atom is 0.308 e. The topological polar surface area (TPSA) is 63.2 Å². The molecule has 0 N–H and O–H groups in total. The van der Waals surface area contributed by atoms with E-state index in [0.717, 1.165) is 38.7 Å². The van der Waals surface area contributed by atoms with Gasteiger partial charge in [0.2, 0.25) is 0 Å². The minimum Gasteiger partial charge on any atom is -0.463 e. The lowest BCUT2D eigenvalue weighted by Gasteiger charge is -2.13. The van der Waals surface area contributed by atoms with Gasteiger partial charge in [-0.2, -0.15) is 0 Å². The van der Waals surface area contributed by atoms with Crippen LogP contribution in [0.25, 0.3) is 0 Å². The van der Waals surface area contributed by atoms with E-state index < -0.39 is 0 Å². The number of rotatable bonds is 28. The van der Waals surface area contributed by atoms with E-state index in [-0.39, 0.29) is 11.9 Å². The van der Waals surface area contributed by atoms with E-state index in [2.05, 4.69) is 13.8 Å². The van der Waals surface area contributed by atoms with E-state index >= 15 is 0 Å². The summed E-state index contributed by atoms with van der Waals surface area (Å²) in [5, 5.41) is 0. The normalized spacial score (nSPS) is 12.2. The first kappa shape index (κ1) is 33.3. The third-order valence-corrected chi connectivity index (χ3v) is 5.96. The van der Waals surface area contributed by atoms with E-state index in [4.69, 9.17) is 23.7 Å². The first-order valence-electron chi connectivity index (χ1n) is 14.2. The smallest absolute Gasteiger partial charge is 0.308 e. The molecule has 0 fully saturated rings.